The maximum atomic E-state index is 11.8. The molecule has 1 aliphatic heterocycles. The number of halogens is 1. The van der Waals surface area contributed by atoms with Crippen molar-refractivity contribution < 1.29 is 9.32 Å². The number of nitrogens with one attached hydrogen (secondary N) is 2. The normalized spacial score (nSPS) is 16.2. The van der Waals surface area contributed by atoms with Crippen molar-refractivity contribution in [1.82, 2.24) is 25.6 Å². The molecule has 0 atom stereocenters. The molecular weight excluding hydrogens is 435 g/mol. The molecular formula is C16H29IN6O2. The molecule has 1 fully saturated rings. The van der Waals surface area contributed by atoms with Gasteiger partial charge in [0, 0.05) is 45.8 Å². The van der Waals surface area contributed by atoms with Gasteiger partial charge in [-0.3, -0.25) is 9.69 Å². The van der Waals surface area contributed by atoms with E-state index in [1.54, 1.807) is 25.3 Å². The SMILES string of the molecule is CCNC(=NCc1ccon1)NC1CCN(CC(=O)N(C)C)CC1.I. The molecule has 2 N–H and O–H groups in total. The molecule has 0 aliphatic carbocycles. The molecule has 1 amide bonds. The zero-order valence-corrected chi connectivity index (χ0v) is 17.5. The van der Waals surface area contributed by atoms with Crippen molar-refractivity contribution in [3.05, 3.63) is 18.0 Å². The van der Waals surface area contributed by atoms with E-state index < -0.39 is 0 Å². The zero-order valence-electron chi connectivity index (χ0n) is 15.2. The van der Waals surface area contributed by atoms with Crippen molar-refractivity contribution in [1.29, 1.82) is 0 Å². The van der Waals surface area contributed by atoms with Gasteiger partial charge in [-0.25, -0.2) is 4.99 Å². The minimum absolute atomic E-state index is 0. The van der Waals surface area contributed by atoms with Crippen LogP contribution in [-0.2, 0) is 11.3 Å². The summed E-state index contributed by atoms with van der Waals surface area (Å²) in [4.78, 5) is 20.2. The Bertz CT molecular complexity index is 527. The van der Waals surface area contributed by atoms with Crippen molar-refractivity contribution in [3.8, 4) is 0 Å². The second kappa shape index (κ2) is 11.3. The molecule has 142 valence electrons. The maximum Gasteiger partial charge on any atom is 0.236 e. The average Bonchev–Trinajstić information content (AvgIpc) is 3.08. The molecule has 0 bridgehead atoms. The van der Waals surface area contributed by atoms with E-state index in [-0.39, 0.29) is 29.9 Å². The van der Waals surface area contributed by atoms with Gasteiger partial charge in [-0.05, 0) is 19.8 Å². The van der Waals surface area contributed by atoms with Crippen molar-refractivity contribution in [2.75, 3.05) is 40.3 Å². The summed E-state index contributed by atoms with van der Waals surface area (Å²) < 4.78 is 4.82. The number of hydrogen-bond acceptors (Lipinski definition) is 5. The molecule has 2 heterocycles. The molecule has 0 aromatic carbocycles. The number of likely N-dealkylation sites (tertiary alicyclic amines) is 1. The summed E-state index contributed by atoms with van der Waals surface area (Å²) in [5.41, 5.74) is 0.809. The fourth-order valence-electron chi connectivity index (χ4n) is 2.56. The summed E-state index contributed by atoms with van der Waals surface area (Å²) in [6.07, 6.45) is 3.54. The molecule has 1 aromatic heterocycles. The van der Waals surface area contributed by atoms with Gasteiger partial charge in [0.1, 0.15) is 12.0 Å². The van der Waals surface area contributed by atoms with E-state index in [1.165, 1.54) is 0 Å². The third-order valence-corrected chi connectivity index (χ3v) is 4.02. The maximum absolute atomic E-state index is 11.8. The zero-order chi connectivity index (χ0) is 17.4. The average molecular weight is 464 g/mol. The van der Waals surface area contributed by atoms with Gasteiger partial charge in [0.2, 0.25) is 5.91 Å². The number of likely N-dealkylation sites (N-methyl/N-ethyl adjacent to an activating group) is 1. The number of guanidine groups is 1. The number of nitrogens with zero attached hydrogens (tertiary/aromatic N) is 4. The first-order chi connectivity index (χ1) is 11.6. The minimum atomic E-state index is 0. The summed E-state index contributed by atoms with van der Waals surface area (Å²) in [5.74, 6) is 0.951. The van der Waals surface area contributed by atoms with Crippen LogP contribution in [0.25, 0.3) is 0 Å². The smallest absolute Gasteiger partial charge is 0.236 e. The summed E-state index contributed by atoms with van der Waals surface area (Å²) in [6, 6.07) is 2.18. The van der Waals surface area contributed by atoms with E-state index in [0.29, 0.717) is 19.1 Å². The lowest BCUT2D eigenvalue weighted by Gasteiger charge is -2.33. The third kappa shape index (κ3) is 7.59. The summed E-state index contributed by atoms with van der Waals surface area (Å²) in [7, 11) is 3.59. The third-order valence-electron chi connectivity index (χ3n) is 4.02. The molecule has 2 rings (SSSR count). The lowest BCUT2D eigenvalue weighted by molar-refractivity contribution is -0.130. The van der Waals surface area contributed by atoms with Crippen LogP contribution in [0.2, 0.25) is 0 Å². The molecule has 0 saturated carbocycles. The molecule has 1 aromatic rings. The van der Waals surface area contributed by atoms with E-state index >= 15 is 0 Å². The number of aromatic nitrogens is 1. The van der Waals surface area contributed by atoms with Crippen LogP contribution >= 0.6 is 24.0 Å². The van der Waals surface area contributed by atoms with E-state index in [2.05, 4.69) is 25.7 Å². The van der Waals surface area contributed by atoms with Crippen LogP contribution in [0.15, 0.2) is 21.8 Å². The van der Waals surface area contributed by atoms with Crippen LogP contribution < -0.4 is 10.6 Å². The summed E-state index contributed by atoms with van der Waals surface area (Å²) in [5, 5.41) is 10.6. The number of rotatable bonds is 6. The molecule has 1 aliphatic rings. The Labute approximate surface area is 166 Å². The fraction of sp³-hybridized carbons (Fsp3) is 0.688. The number of piperidine rings is 1. The van der Waals surface area contributed by atoms with Crippen molar-refractivity contribution >= 4 is 35.8 Å². The first-order valence-electron chi connectivity index (χ1n) is 8.45. The molecule has 0 radical (unpaired) electrons. The van der Waals surface area contributed by atoms with E-state index in [4.69, 9.17) is 4.52 Å². The van der Waals surface area contributed by atoms with Crippen LogP contribution in [0.3, 0.4) is 0 Å². The highest BCUT2D eigenvalue weighted by Gasteiger charge is 2.22. The van der Waals surface area contributed by atoms with E-state index in [0.717, 1.165) is 44.1 Å². The van der Waals surface area contributed by atoms with Gasteiger partial charge in [0.25, 0.3) is 0 Å². The van der Waals surface area contributed by atoms with Crippen LogP contribution in [0, 0.1) is 0 Å². The topological polar surface area (TPSA) is 86.0 Å². The Morgan fingerprint density at radius 1 is 1.44 bits per heavy atom. The molecule has 0 spiro atoms. The number of carbonyl (C=O) groups is 1. The van der Waals surface area contributed by atoms with Crippen LogP contribution in [-0.4, -0.2) is 73.1 Å². The number of amides is 1. The van der Waals surface area contributed by atoms with Crippen molar-refractivity contribution in [2.45, 2.75) is 32.4 Å². The summed E-state index contributed by atoms with van der Waals surface area (Å²) >= 11 is 0. The second-order valence-electron chi connectivity index (χ2n) is 6.17. The molecule has 1 saturated heterocycles. The van der Waals surface area contributed by atoms with Crippen LogP contribution in [0.4, 0.5) is 0 Å². The highest BCUT2D eigenvalue weighted by atomic mass is 127. The summed E-state index contributed by atoms with van der Waals surface area (Å²) in [6.45, 7) is 5.67. The highest BCUT2D eigenvalue weighted by Crippen LogP contribution is 2.10. The standard InChI is InChI=1S/C16H28N6O2.HI/c1-4-17-16(18-11-14-7-10-24-20-14)19-13-5-8-22(9-6-13)12-15(23)21(2)3;/h7,10,13H,4-6,8-9,11-12H2,1-3H3,(H2,17,18,19);1H. The second-order valence-corrected chi connectivity index (χ2v) is 6.17. The fourth-order valence-corrected chi connectivity index (χ4v) is 2.56. The minimum Gasteiger partial charge on any atom is -0.364 e. The Morgan fingerprint density at radius 2 is 2.16 bits per heavy atom. The molecule has 9 heteroatoms. The van der Waals surface area contributed by atoms with Gasteiger partial charge >= 0.3 is 0 Å². The monoisotopic (exact) mass is 464 g/mol. The first kappa shape index (κ1) is 21.7. The largest absolute Gasteiger partial charge is 0.364 e. The number of aliphatic imine (C=N–C) groups is 1. The lowest BCUT2D eigenvalue weighted by atomic mass is 10.1. The predicted octanol–water partition coefficient (Wildman–Crippen LogP) is 0.900. The van der Waals surface area contributed by atoms with Gasteiger partial charge in [0.05, 0.1) is 13.1 Å². The lowest BCUT2D eigenvalue weighted by Crippen LogP contribution is -2.50. The van der Waals surface area contributed by atoms with Crippen LogP contribution in [0.5, 0.6) is 0 Å². The van der Waals surface area contributed by atoms with Gasteiger partial charge in [0.15, 0.2) is 5.96 Å². The quantitative estimate of drug-likeness (QED) is 0.370. The van der Waals surface area contributed by atoms with Gasteiger partial charge in [-0.1, -0.05) is 5.16 Å². The Hall–Kier alpha value is -1.36. The molecule has 8 nitrogen and oxygen atoms in total. The molecule has 0 unspecified atom stereocenters. The van der Waals surface area contributed by atoms with Gasteiger partial charge < -0.3 is 20.1 Å². The van der Waals surface area contributed by atoms with Gasteiger partial charge in [-0.2, -0.15) is 0 Å². The Kier molecular flexibility index (Phi) is 9.79. The van der Waals surface area contributed by atoms with Crippen molar-refractivity contribution in [3.63, 3.8) is 0 Å². The first-order valence-corrected chi connectivity index (χ1v) is 8.45. The van der Waals surface area contributed by atoms with E-state index in [1.807, 2.05) is 13.0 Å². The number of hydrogen-bond donors (Lipinski definition) is 2. The van der Waals surface area contributed by atoms with E-state index in [9.17, 15) is 4.79 Å². The number of carbonyl (C=O) groups excluding carboxylic acids is 1. The van der Waals surface area contributed by atoms with Gasteiger partial charge in [-0.15, -0.1) is 24.0 Å². The molecule has 25 heavy (non-hydrogen) atoms. The van der Waals surface area contributed by atoms with Crippen LogP contribution in [0.1, 0.15) is 25.5 Å². The Morgan fingerprint density at radius 3 is 2.72 bits per heavy atom. The Balaban J connectivity index is 0.00000312. The predicted molar refractivity (Wildman–Crippen MR) is 108 cm³/mol. The highest BCUT2D eigenvalue weighted by molar-refractivity contribution is 14.0. The van der Waals surface area contributed by atoms with Crippen molar-refractivity contribution in [2.24, 2.45) is 4.99 Å².